The number of ether oxygens (including phenoxy) is 1. The van der Waals surface area contributed by atoms with Crippen LogP contribution in [-0.2, 0) is 11.3 Å². The molecule has 0 aromatic heterocycles. The normalized spacial score (nSPS) is 15.0. The monoisotopic (exact) mass is 342 g/mol. The van der Waals surface area contributed by atoms with E-state index in [0.717, 1.165) is 24.2 Å². The summed E-state index contributed by atoms with van der Waals surface area (Å²) in [6.45, 7) is 1.83. The molecule has 4 nitrogen and oxygen atoms in total. The Morgan fingerprint density at radius 1 is 1.16 bits per heavy atom. The number of piperidine rings is 1. The summed E-state index contributed by atoms with van der Waals surface area (Å²) in [7, 11) is 1.62. The third kappa shape index (κ3) is 4.10. The Hall–Kier alpha value is -2.56. The summed E-state index contributed by atoms with van der Waals surface area (Å²) >= 11 is 0. The molecule has 1 N–H and O–H groups in total. The van der Waals surface area contributed by atoms with E-state index in [9.17, 15) is 9.18 Å². The Kier molecular flexibility index (Phi) is 5.53. The number of para-hydroxylation sites is 2. The second-order valence-corrected chi connectivity index (χ2v) is 6.24. The van der Waals surface area contributed by atoms with Gasteiger partial charge in [0.25, 0.3) is 0 Å². The van der Waals surface area contributed by atoms with Crippen molar-refractivity contribution in [3.63, 3.8) is 0 Å². The molecule has 2 aromatic carbocycles. The lowest BCUT2D eigenvalue weighted by atomic mass is 9.95. The summed E-state index contributed by atoms with van der Waals surface area (Å²) in [6.07, 6.45) is 1.46. The topological polar surface area (TPSA) is 41.6 Å². The molecular weight excluding hydrogens is 319 g/mol. The van der Waals surface area contributed by atoms with Crippen molar-refractivity contribution in [2.45, 2.75) is 19.4 Å². The van der Waals surface area contributed by atoms with Gasteiger partial charge in [0.2, 0.25) is 5.91 Å². The van der Waals surface area contributed by atoms with Gasteiger partial charge < -0.3 is 15.0 Å². The zero-order valence-corrected chi connectivity index (χ0v) is 14.4. The Balaban J connectivity index is 1.53. The highest BCUT2D eigenvalue weighted by Crippen LogP contribution is 2.25. The maximum Gasteiger partial charge on any atom is 0.223 e. The van der Waals surface area contributed by atoms with Crippen LogP contribution in [0.4, 0.5) is 10.1 Å². The van der Waals surface area contributed by atoms with Crippen molar-refractivity contribution in [1.82, 2.24) is 5.32 Å². The van der Waals surface area contributed by atoms with Crippen molar-refractivity contribution >= 4 is 11.6 Å². The van der Waals surface area contributed by atoms with E-state index in [1.165, 1.54) is 6.07 Å². The Morgan fingerprint density at radius 2 is 1.84 bits per heavy atom. The van der Waals surface area contributed by atoms with E-state index in [2.05, 4.69) is 5.32 Å². The fourth-order valence-electron chi connectivity index (χ4n) is 3.27. The number of rotatable bonds is 5. The molecule has 1 fully saturated rings. The summed E-state index contributed by atoms with van der Waals surface area (Å²) in [5.41, 5.74) is 1.58. The van der Waals surface area contributed by atoms with Crippen molar-refractivity contribution in [1.29, 1.82) is 0 Å². The molecule has 25 heavy (non-hydrogen) atoms. The number of carbonyl (C=O) groups excluding carboxylic acids is 1. The molecule has 0 atom stereocenters. The molecule has 0 bridgehead atoms. The molecular formula is C20H23FN2O2. The second kappa shape index (κ2) is 8.01. The zero-order valence-electron chi connectivity index (χ0n) is 14.4. The van der Waals surface area contributed by atoms with Gasteiger partial charge in [-0.25, -0.2) is 4.39 Å². The van der Waals surface area contributed by atoms with Crippen LogP contribution >= 0.6 is 0 Å². The molecule has 1 aliphatic heterocycles. The van der Waals surface area contributed by atoms with Gasteiger partial charge in [-0.05, 0) is 31.0 Å². The summed E-state index contributed by atoms with van der Waals surface area (Å²) in [5.74, 6) is 0.593. The summed E-state index contributed by atoms with van der Waals surface area (Å²) in [5, 5.41) is 3.00. The largest absolute Gasteiger partial charge is 0.496 e. The van der Waals surface area contributed by atoms with Crippen molar-refractivity contribution < 1.29 is 13.9 Å². The Labute approximate surface area is 147 Å². The lowest BCUT2D eigenvalue weighted by Crippen LogP contribution is -2.40. The highest BCUT2D eigenvalue weighted by molar-refractivity contribution is 5.79. The SMILES string of the molecule is COc1ccccc1CNC(=O)C1CCN(c2ccccc2F)CC1. The standard InChI is InChI=1S/C20H23FN2O2/c1-25-19-9-5-2-6-16(19)14-22-20(24)15-10-12-23(13-11-15)18-8-4-3-7-17(18)21/h2-9,15H,10-14H2,1H3,(H,22,24). The molecule has 132 valence electrons. The number of benzene rings is 2. The van der Waals surface area contributed by atoms with Crippen molar-refractivity contribution in [2.24, 2.45) is 5.92 Å². The van der Waals surface area contributed by atoms with Crippen LogP contribution in [0.15, 0.2) is 48.5 Å². The zero-order chi connectivity index (χ0) is 17.6. The fraction of sp³-hybridized carbons (Fsp3) is 0.350. The van der Waals surface area contributed by atoms with E-state index >= 15 is 0 Å². The maximum absolute atomic E-state index is 13.9. The number of methoxy groups -OCH3 is 1. The summed E-state index contributed by atoms with van der Waals surface area (Å²) < 4.78 is 19.2. The van der Waals surface area contributed by atoms with Crippen LogP contribution in [0.2, 0.25) is 0 Å². The van der Waals surface area contributed by atoms with Crippen LogP contribution in [0, 0.1) is 11.7 Å². The van der Waals surface area contributed by atoms with Gasteiger partial charge in [0, 0.05) is 31.1 Å². The van der Waals surface area contributed by atoms with Gasteiger partial charge in [0.15, 0.2) is 0 Å². The predicted molar refractivity (Wildman–Crippen MR) is 96.2 cm³/mol. The average molecular weight is 342 g/mol. The van der Waals surface area contributed by atoms with E-state index in [0.29, 0.717) is 25.3 Å². The van der Waals surface area contributed by atoms with Gasteiger partial charge in [0.05, 0.1) is 12.8 Å². The van der Waals surface area contributed by atoms with Gasteiger partial charge in [-0.1, -0.05) is 30.3 Å². The van der Waals surface area contributed by atoms with Crippen LogP contribution in [0.3, 0.4) is 0 Å². The first-order chi connectivity index (χ1) is 12.2. The molecule has 0 saturated carbocycles. The summed E-state index contributed by atoms with van der Waals surface area (Å²) in [6, 6.07) is 14.5. The van der Waals surface area contributed by atoms with Crippen molar-refractivity contribution in [3.8, 4) is 5.75 Å². The smallest absolute Gasteiger partial charge is 0.223 e. The molecule has 1 aliphatic rings. The number of hydrogen-bond acceptors (Lipinski definition) is 3. The number of hydrogen-bond donors (Lipinski definition) is 1. The highest BCUT2D eigenvalue weighted by atomic mass is 19.1. The van der Waals surface area contributed by atoms with Crippen LogP contribution in [-0.4, -0.2) is 26.1 Å². The Morgan fingerprint density at radius 3 is 2.56 bits per heavy atom. The van der Waals surface area contributed by atoms with Gasteiger partial charge >= 0.3 is 0 Å². The molecule has 2 aromatic rings. The Bertz CT molecular complexity index is 727. The van der Waals surface area contributed by atoms with E-state index in [4.69, 9.17) is 4.74 Å². The number of anilines is 1. The molecule has 3 rings (SSSR count). The van der Waals surface area contributed by atoms with Gasteiger partial charge in [0.1, 0.15) is 11.6 Å². The minimum atomic E-state index is -0.207. The minimum absolute atomic E-state index is 0.0299. The van der Waals surface area contributed by atoms with Gasteiger partial charge in [-0.15, -0.1) is 0 Å². The van der Waals surface area contributed by atoms with Gasteiger partial charge in [-0.2, -0.15) is 0 Å². The quantitative estimate of drug-likeness (QED) is 0.906. The molecule has 0 unspecified atom stereocenters. The van der Waals surface area contributed by atoms with E-state index < -0.39 is 0 Å². The van der Waals surface area contributed by atoms with Crippen molar-refractivity contribution in [3.05, 3.63) is 59.9 Å². The first-order valence-electron chi connectivity index (χ1n) is 8.58. The van der Waals surface area contributed by atoms with E-state index in [1.54, 1.807) is 19.2 Å². The number of nitrogens with one attached hydrogen (secondary N) is 1. The first kappa shape index (κ1) is 17.3. The average Bonchev–Trinajstić information content (AvgIpc) is 2.67. The second-order valence-electron chi connectivity index (χ2n) is 6.24. The molecule has 5 heteroatoms. The fourth-order valence-corrected chi connectivity index (χ4v) is 3.27. The van der Waals surface area contributed by atoms with Crippen LogP contribution in [0.1, 0.15) is 18.4 Å². The molecule has 1 heterocycles. The van der Waals surface area contributed by atoms with E-state index in [-0.39, 0.29) is 17.6 Å². The van der Waals surface area contributed by atoms with Crippen molar-refractivity contribution in [2.75, 3.05) is 25.1 Å². The van der Waals surface area contributed by atoms with Gasteiger partial charge in [-0.3, -0.25) is 4.79 Å². The van der Waals surface area contributed by atoms with Crippen LogP contribution in [0.25, 0.3) is 0 Å². The molecule has 0 spiro atoms. The highest BCUT2D eigenvalue weighted by Gasteiger charge is 2.26. The lowest BCUT2D eigenvalue weighted by molar-refractivity contribution is -0.125. The molecule has 1 saturated heterocycles. The summed E-state index contributed by atoms with van der Waals surface area (Å²) in [4.78, 5) is 14.4. The number of nitrogens with zero attached hydrogens (tertiary/aromatic N) is 1. The first-order valence-corrected chi connectivity index (χ1v) is 8.58. The number of carbonyl (C=O) groups is 1. The molecule has 1 amide bonds. The van der Waals surface area contributed by atoms with Crippen LogP contribution in [0.5, 0.6) is 5.75 Å². The number of halogens is 1. The third-order valence-corrected chi connectivity index (χ3v) is 4.70. The predicted octanol–water partition coefficient (Wildman–Crippen LogP) is 3.37. The van der Waals surface area contributed by atoms with Crippen LogP contribution < -0.4 is 15.0 Å². The number of amides is 1. The lowest BCUT2D eigenvalue weighted by Gasteiger charge is -2.33. The maximum atomic E-state index is 13.9. The molecule has 0 radical (unpaired) electrons. The molecule has 0 aliphatic carbocycles. The minimum Gasteiger partial charge on any atom is -0.496 e. The van der Waals surface area contributed by atoms with E-state index in [1.807, 2.05) is 35.2 Å². The third-order valence-electron chi connectivity index (χ3n) is 4.70.